The van der Waals surface area contributed by atoms with Gasteiger partial charge in [0, 0.05) is 6.04 Å². The minimum atomic E-state index is -4.60. The highest BCUT2D eigenvalue weighted by atomic mass is 32.2. The molecule has 8 nitrogen and oxygen atoms in total. The van der Waals surface area contributed by atoms with Crippen LogP contribution in [0.2, 0.25) is 0 Å². The number of aromatic nitrogens is 3. The van der Waals surface area contributed by atoms with Crippen LogP contribution in [0.4, 0.5) is 19.1 Å². The summed E-state index contributed by atoms with van der Waals surface area (Å²) in [6.07, 6.45) is -1.00. The molecule has 1 aliphatic rings. The number of anilines is 1. The number of aromatic amines is 1. The first-order chi connectivity index (χ1) is 14.1. The maximum atomic E-state index is 12.9. The molecule has 0 bridgehead atoms. The van der Waals surface area contributed by atoms with E-state index in [1.165, 1.54) is 12.4 Å². The maximum Gasteiger partial charge on any atom is 0.416 e. The van der Waals surface area contributed by atoms with Crippen molar-refractivity contribution in [1.82, 2.24) is 15.2 Å². The van der Waals surface area contributed by atoms with Gasteiger partial charge in [0.1, 0.15) is 6.33 Å². The van der Waals surface area contributed by atoms with Crippen LogP contribution in [0.15, 0.2) is 35.5 Å². The fourth-order valence-corrected chi connectivity index (χ4v) is 5.52. The van der Waals surface area contributed by atoms with Crippen LogP contribution >= 0.6 is 0 Å². The first-order valence-electron chi connectivity index (χ1n) is 9.36. The lowest BCUT2D eigenvalue weighted by Gasteiger charge is -2.35. The summed E-state index contributed by atoms with van der Waals surface area (Å²) in [6.45, 7) is -0.0486. The van der Waals surface area contributed by atoms with E-state index in [9.17, 15) is 26.4 Å². The normalized spacial score (nSPS) is 20.1. The van der Waals surface area contributed by atoms with Crippen LogP contribution in [0.25, 0.3) is 0 Å². The molecule has 0 unspecified atom stereocenters. The van der Waals surface area contributed by atoms with Gasteiger partial charge in [0.2, 0.25) is 11.9 Å². The Kier molecular flexibility index (Phi) is 6.34. The molecule has 3 N–H and O–H groups in total. The quantitative estimate of drug-likeness (QED) is 0.673. The topological polar surface area (TPSA) is 122 Å². The number of halogens is 3. The largest absolute Gasteiger partial charge is 0.416 e. The van der Waals surface area contributed by atoms with Crippen LogP contribution in [0.1, 0.15) is 31.2 Å². The van der Waals surface area contributed by atoms with E-state index in [4.69, 9.17) is 5.73 Å². The predicted molar refractivity (Wildman–Crippen MR) is 102 cm³/mol. The van der Waals surface area contributed by atoms with Crippen molar-refractivity contribution in [3.63, 3.8) is 0 Å². The van der Waals surface area contributed by atoms with E-state index < -0.39 is 27.5 Å². The Balaban J connectivity index is 1.66. The van der Waals surface area contributed by atoms with Gasteiger partial charge in [-0.2, -0.15) is 23.3 Å². The van der Waals surface area contributed by atoms with Crippen molar-refractivity contribution in [1.29, 1.82) is 0 Å². The van der Waals surface area contributed by atoms with Gasteiger partial charge in [-0.3, -0.25) is 4.79 Å². The third kappa shape index (κ3) is 5.29. The van der Waals surface area contributed by atoms with Crippen molar-refractivity contribution in [2.24, 2.45) is 11.7 Å². The van der Waals surface area contributed by atoms with Crippen LogP contribution < -0.4 is 10.6 Å². The molecule has 0 saturated heterocycles. The maximum absolute atomic E-state index is 12.9. The Morgan fingerprint density at radius 2 is 1.93 bits per heavy atom. The van der Waals surface area contributed by atoms with Gasteiger partial charge in [-0.1, -0.05) is 6.07 Å². The van der Waals surface area contributed by atoms with E-state index in [1.807, 2.05) is 0 Å². The number of nitrogens with zero attached hydrogens (tertiary/aromatic N) is 3. The molecule has 1 fully saturated rings. The standard InChI is InChI=1S/C18H22F3N5O3S/c19-18(20,21)13-2-1-3-15(8-13)30(28,29)10-12-4-6-14(7-5-12)26(9-16(22)27)17-23-11-24-25-17/h1-3,8,11-12,14H,4-7,9-10H2,(H2,22,27)(H,23,24,25). The van der Waals surface area contributed by atoms with Gasteiger partial charge in [-0.25, -0.2) is 13.5 Å². The summed E-state index contributed by atoms with van der Waals surface area (Å²) in [6, 6.07) is 3.75. The van der Waals surface area contributed by atoms with Gasteiger partial charge in [-0.15, -0.1) is 0 Å². The minimum absolute atomic E-state index is 0.0486. The summed E-state index contributed by atoms with van der Waals surface area (Å²) in [7, 11) is -3.86. The second kappa shape index (κ2) is 8.62. The van der Waals surface area contributed by atoms with Gasteiger partial charge in [-0.05, 0) is 49.8 Å². The highest BCUT2D eigenvalue weighted by Crippen LogP contribution is 2.33. The lowest BCUT2D eigenvalue weighted by Crippen LogP contribution is -2.44. The third-order valence-corrected chi connectivity index (χ3v) is 7.12. The molecular weight excluding hydrogens is 423 g/mol. The molecule has 1 heterocycles. The lowest BCUT2D eigenvalue weighted by molar-refractivity contribution is -0.137. The zero-order valence-corrected chi connectivity index (χ0v) is 16.8. The predicted octanol–water partition coefficient (Wildman–Crippen LogP) is 2.15. The molecule has 1 aromatic carbocycles. The van der Waals surface area contributed by atoms with E-state index in [1.54, 1.807) is 4.90 Å². The van der Waals surface area contributed by atoms with E-state index in [0.29, 0.717) is 37.7 Å². The smallest absolute Gasteiger partial charge is 0.368 e. The lowest BCUT2D eigenvalue weighted by atomic mass is 9.86. The monoisotopic (exact) mass is 445 g/mol. The number of primary amides is 1. The van der Waals surface area contributed by atoms with Crippen molar-refractivity contribution >= 4 is 21.7 Å². The van der Waals surface area contributed by atoms with E-state index in [2.05, 4.69) is 15.2 Å². The Morgan fingerprint density at radius 3 is 2.50 bits per heavy atom. The zero-order valence-electron chi connectivity index (χ0n) is 16.0. The molecule has 0 atom stereocenters. The number of benzene rings is 1. The van der Waals surface area contributed by atoms with Crippen molar-refractivity contribution in [2.45, 2.75) is 42.8 Å². The number of amides is 1. The molecule has 3 rings (SSSR count). The fraction of sp³-hybridized carbons (Fsp3) is 0.500. The number of sulfone groups is 1. The van der Waals surface area contributed by atoms with Crippen molar-refractivity contribution in [2.75, 3.05) is 17.2 Å². The summed E-state index contributed by atoms with van der Waals surface area (Å²) in [5.74, 6) is -0.528. The molecule has 1 aliphatic carbocycles. The third-order valence-electron chi connectivity index (χ3n) is 5.23. The molecule has 30 heavy (non-hydrogen) atoms. The molecule has 0 radical (unpaired) electrons. The fourth-order valence-electron chi connectivity index (χ4n) is 3.78. The molecule has 1 aromatic heterocycles. The van der Waals surface area contributed by atoms with E-state index in [0.717, 1.165) is 12.1 Å². The van der Waals surface area contributed by atoms with Gasteiger partial charge in [0.15, 0.2) is 9.84 Å². The second-order valence-corrected chi connectivity index (χ2v) is 9.42. The van der Waals surface area contributed by atoms with Crippen molar-refractivity contribution in [3.8, 4) is 0 Å². The summed E-state index contributed by atoms with van der Waals surface area (Å²) in [5, 5.41) is 6.47. The number of hydrogen-bond acceptors (Lipinski definition) is 6. The number of nitrogens with one attached hydrogen (secondary N) is 1. The van der Waals surface area contributed by atoms with Crippen LogP contribution in [-0.4, -0.2) is 47.8 Å². The molecule has 0 spiro atoms. The number of alkyl halides is 3. The summed E-state index contributed by atoms with van der Waals surface area (Å²) in [4.78, 5) is 16.9. The van der Waals surface area contributed by atoms with Gasteiger partial charge >= 0.3 is 6.18 Å². The highest BCUT2D eigenvalue weighted by molar-refractivity contribution is 7.91. The highest BCUT2D eigenvalue weighted by Gasteiger charge is 2.34. The molecule has 2 aromatic rings. The molecular formula is C18H22F3N5O3S. The van der Waals surface area contributed by atoms with Crippen molar-refractivity contribution < 1.29 is 26.4 Å². The number of H-pyrrole nitrogens is 1. The Labute approximate surface area is 171 Å². The average Bonchev–Trinajstić information content (AvgIpc) is 3.20. The number of carbonyl (C=O) groups excluding carboxylic acids is 1. The Hall–Kier alpha value is -2.63. The van der Waals surface area contributed by atoms with Crippen LogP contribution in [0.5, 0.6) is 0 Å². The van der Waals surface area contributed by atoms with E-state index >= 15 is 0 Å². The van der Waals surface area contributed by atoms with Gasteiger partial charge in [0.05, 0.1) is 22.8 Å². The van der Waals surface area contributed by atoms with Crippen LogP contribution in [0, 0.1) is 5.92 Å². The second-order valence-electron chi connectivity index (χ2n) is 7.38. The Morgan fingerprint density at radius 1 is 1.23 bits per heavy atom. The van der Waals surface area contributed by atoms with E-state index in [-0.39, 0.29) is 29.2 Å². The molecule has 1 saturated carbocycles. The number of nitrogens with two attached hydrogens (primary N) is 1. The van der Waals surface area contributed by atoms with Crippen LogP contribution in [-0.2, 0) is 20.8 Å². The summed E-state index contributed by atoms with van der Waals surface area (Å²) < 4.78 is 64.0. The number of hydrogen-bond donors (Lipinski definition) is 2. The summed E-state index contributed by atoms with van der Waals surface area (Å²) in [5.41, 5.74) is 4.34. The number of rotatable bonds is 7. The summed E-state index contributed by atoms with van der Waals surface area (Å²) >= 11 is 0. The molecule has 1 amide bonds. The van der Waals surface area contributed by atoms with Gasteiger partial charge < -0.3 is 10.6 Å². The zero-order chi connectivity index (χ0) is 21.9. The first-order valence-corrected chi connectivity index (χ1v) is 11.0. The van der Waals surface area contributed by atoms with Crippen LogP contribution in [0.3, 0.4) is 0 Å². The Bertz CT molecular complexity index is 971. The van der Waals surface area contributed by atoms with Gasteiger partial charge in [0.25, 0.3) is 0 Å². The first kappa shape index (κ1) is 22.1. The SMILES string of the molecule is NC(=O)CN(c1ncn[nH]1)C1CCC(CS(=O)(=O)c2cccc(C(F)(F)F)c2)CC1. The number of carbonyl (C=O) groups is 1. The molecule has 164 valence electrons. The van der Waals surface area contributed by atoms with Crippen molar-refractivity contribution in [3.05, 3.63) is 36.2 Å². The minimum Gasteiger partial charge on any atom is -0.368 e. The average molecular weight is 445 g/mol. The molecule has 0 aliphatic heterocycles. The molecule has 12 heteroatoms.